The molecule has 0 aromatic carbocycles. The van der Waals surface area contributed by atoms with Crippen molar-refractivity contribution in [1.82, 2.24) is 10.2 Å². The van der Waals surface area contributed by atoms with Gasteiger partial charge in [0.1, 0.15) is 6.04 Å². The predicted molar refractivity (Wildman–Crippen MR) is 68.5 cm³/mol. The number of carboxylic acid groups (broad SMARTS) is 1. The first kappa shape index (κ1) is 16.4. The number of hydrogen-bond donors (Lipinski definition) is 2. The molecule has 0 aliphatic rings. The standard InChI is InChI=1S/C12H22N2O4/c1-4-7-14(8-5-2)12(17)13-10(11(15)16)6-9-18-3/h4,10H,1,5-9H2,2-3H3,(H,13,17)(H,15,16). The Morgan fingerprint density at radius 1 is 1.56 bits per heavy atom. The summed E-state index contributed by atoms with van der Waals surface area (Å²) in [6.07, 6.45) is 2.66. The summed E-state index contributed by atoms with van der Waals surface area (Å²) in [7, 11) is 1.49. The maximum atomic E-state index is 11.9. The van der Waals surface area contributed by atoms with Crippen LogP contribution in [0.2, 0.25) is 0 Å². The van der Waals surface area contributed by atoms with Crippen LogP contribution >= 0.6 is 0 Å². The molecule has 0 spiro atoms. The van der Waals surface area contributed by atoms with Crippen LogP contribution in [0.4, 0.5) is 4.79 Å². The first-order valence-corrected chi connectivity index (χ1v) is 5.94. The third kappa shape index (κ3) is 6.24. The molecule has 2 amide bonds. The second-order valence-electron chi connectivity index (χ2n) is 3.86. The lowest BCUT2D eigenvalue weighted by molar-refractivity contribution is -0.139. The van der Waals surface area contributed by atoms with Crippen LogP contribution in [0.1, 0.15) is 19.8 Å². The van der Waals surface area contributed by atoms with E-state index < -0.39 is 12.0 Å². The predicted octanol–water partition coefficient (Wildman–Crippen LogP) is 1.08. The molecule has 0 rings (SSSR count). The molecule has 104 valence electrons. The molecule has 0 bridgehead atoms. The fourth-order valence-corrected chi connectivity index (χ4v) is 1.43. The number of aliphatic carboxylic acids is 1. The monoisotopic (exact) mass is 258 g/mol. The lowest BCUT2D eigenvalue weighted by atomic mass is 10.2. The molecule has 0 aliphatic heterocycles. The van der Waals surface area contributed by atoms with Crippen LogP contribution in [-0.2, 0) is 9.53 Å². The van der Waals surface area contributed by atoms with Crippen molar-refractivity contribution >= 4 is 12.0 Å². The molecule has 6 nitrogen and oxygen atoms in total. The summed E-state index contributed by atoms with van der Waals surface area (Å²) in [5, 5.41) is 11.5. The first-order valence-electron chi connectivity index (χ1n) is 5.94. The van der Waals surface area contributed by atoms with Crippen molar-refractivity contribution in [3.05, 3.63) is 12.7 Å². The summed E-state index contributed by atoms with van der Waals surface area (Å²) in [6.45, 7) is 6.77. The molecule has 2 N–H and O–H groups in total. The Morgan fingerprint density at radius 2 is 2.22 bits per heavy atom. The Morgan fingerprint density at radius 3 is 2.67 bits per heavy atom. The van der Waals surface area contributed by atoms with Crippen molar-refractivity contribution < 1.29 is 19.4 Å². The second-order valence-corrected chi connectivity index (χ2v) is 3.86. The Hall–Kier alpha value is -1.56. The Kier molecular flexibility index (Phi) is 8.65. The van der Waals surface area contributed by atoms with Crippen LogP contribution in [0.15, 0.2) is 12.7 Å². The van der Waals surface area contributed by atoms with Gasteiger partial charge in [0.2, 0.25) is 0 Å². The Balaban J connectivity index is 4.44. The van der Waals surface area contributed by atoms with E-state index in [1.165, 1.54) is 12.0 Å². The van der Waals surface area contributed by atoms with Crippen LogP contribution in [0.5, 0.6) is 0 Å². The van der Waals surface area contributed by atoms with E-state index in [1.807, 2.05) is 6.92 Å². The normalized spacial score (nSPS) is 11.7. The van der Waals surface area contributed by atoms with Gasteiger partial charge in [-0.1, -0.05) is 13.0 Å². The number of rotatable bonds is 9. The van der Waals surface area contributed by atoms with Crippen molar-refractivity contribution in [3.63, 3.8) is 0 Å². The number of ether oxygens (including phenoxy) is 1. The van der Waals surface area contributed by atoms with E-state index in [1.54, 1.807) is 6.08 Å². The summed E-state index contributed by atoms with van der Waals surface area (Å²) >= 11 is 0. The Labute approximate surface area is 108 Å². The van der Waals surface area contributed by atoms with Gasteiger partial charge in [-0.3, -0.25) is 0 Å². The van der Waals surface area contributed by atoms with Gasteiger partial charge >= 0.3 is 12.0 Å². The minimum Gasteiger partial charge on any atom is -0.480 e. The minimum atomic E-state index is -1.06. The summed E-state index contributed by atoms with van der Waals surface area (Å²) < 4.78 is 4.82. The van der Waals surface area contributed by atoms with Crippen molar-refractivity contribution in [2.45, 2.75) is 25.8 Å². The molecule has 0 aromatic heterocycles. The van der Waals surface area contributed by atoms with E-state index in [9.17, 15) is 9.59 Å². The number of carbonyl (C=O) groups excluding carboxylic acids is 1. The van der Waals surface area contributed by atoms with Crippen LogP contribution in [0.25, 0.3) is 0 Å². The molecular formula is C12H22N2O4. The molecule has 0 fully saturated rings. The molecule has 0 saturated heterocycles. The topological polar surface area (TPSA) is 78.9 Å². The van der Waals surface area contributed by atoms with E-state index in [-0.39, 0.29) is 19.1 Å². The number of amides is 2. The SMILES string of the molecule is C=CCN(CCC)C(=O)NC(CCOC)C(=O)O. The van der Waals surface area contributed by atoms with Gasteiger partial charge in [-0.05, 0) is 6.42 Å². The average Bonchev–Trinajstić information content (AvgIpc) is 2.33. The highest BCUT2D eigenvalue weighted by molar-refractivity contribution is 5.82. The molecule has 0 aromatic rings. The van der Waals surface area contributed by atoms with Crippen molar-refractivity contribution in [3.8, 4) is 0 Å². The van der Waals surface area contributed by atoms with Crippen LogP contribution < -0.4 is 5.32 Å². The molecule has 0 heterocycles. The van der Waals surface area contributed by atoms with Gasteiger partial charge in [0, 0.05) is 33.2 Å². The number of methoxy groups -OCH3 is 1. The molecule has 0 saturated carbocycles. The largest absolute Gasteiger partial charge is 0.480 e. The van der Waals surface area contributed by atoms with Gasteiger partial charge in [-0.25, -0.2) is 9.59 Å². The molecule has 1 unspecified atom stereocenters. The third-order valence-electron chi connectivity index (χ3n) is 2.34. The highest BCUT2D eigenvalue weighted by atomic mass is 16.5. The second kappa shape index (κ2) is 9.47. The van der Waals surface area contributed by atoms with Crippen LogP contribution in [0.3, 0.4) is 0 Å². The zero-order valence-electron chi connectivity index (χ0n) is 11.0. The van der Waals surface area contributed by atoms with Crippen LogP contribution in [-0.4, -0.2) is 54.9 Å². The van der Waals surface area contributed by atoms with Gasteiger partial charge in [-0.2, -0.15) is 0 Å². The number of carboxylic acids is 1. The highest BCUT2D eigenvalue weighted by Crippen LogP contribution is 1.98. The molecule has 6 heteroatoms. The number of hydrogen-bond acceptors (Lipinski definition) is 3. The fraction of sp³-hybridized carbons (Fsp3) is 0.667. The average molecular weight is 258 g/mol. The number of carbonyl (C=O) groups is 2. The fourth-order valence-electron chi connectivity index (χ4n) is 1.43. The lowest BCUT2D eigenvalue weighted by Crippen LogP contribution is -2.48. The number of urea groups is 1. The molecule has 18 heavy (non-hydrogen) atoms. The highest BCUT2D eigenvalue weighted by Gasteiger charge is 2.22. The van der Waals surface area contributed by atoms with E-state index in [4.69, 9.17) is 9.84 Å². The summed E-state index contributed by atoms with van der Waals surface area (Å²) in [5.41, 5.74) is 0. The van der Waals surface area contributed by atoms with Crippen molar-refractivity contribution in [2.24, 2.45) is 0 Å². The zero-order valence-corrected chi connectivity index (χ0v) is 11.0. The van der Waals surface area contributed by atoms with E-state index in [0.717, 1.165) is 6.42 Å². The number of nitrogens with one attached hydrogen (secondary N) is 1. The number of nitrogens with zero attached hydrogens (tertiary/aromatic N) is 1. The van der Waals surface area contributed by atoms with E-state index in [0.29, 0.717) is 13.1 Å². The van der Waals surface area contributed by atoms with Gasteiger partial charge in [-0.15, -0.1) is 6.58 Å². The quantitative estimate of drug-likeness (QED) is 0.607. The lowest BCUT2D eigenvalue weighted by Gasteiger charge is -2.23. The van der Waals surface area contributed by atoms with Gasteiger partial charge < -0.3 is 20.1 Å². The smallest absolute Gasteiger partial charge is 0.326 e. The van der Waals surface area contributed by atoms with Crippen molar-refractivity contribution in [1.29, 1.82) is 0 Å². The molecule has 0 aliphatic carbocycles. The van der Waals surface area contributed by atoms with Gasteiger partial charge in [0.25, 0.3) is 0 Å². The zero-order chi connectivity index (χ0) is 14.0. The summed E-state index contributed by atoms with van der Waals surface area (Å²) in [4.78, 5) is 24.4. The first-order chi connectivity index (χ1) is 8.56. The maximum Gasteiger partial charge on any atom is 0.326 e. The van der Waals surface area contributed by atoms with Gasteiger partial charge in [0.05, 0.1) is 0 Å². The summed E-state index contributed by atoms with van der Waals surface area (Å²) in [6, 6.07) is -1.32. The molecule has 0 radical (unpaired) electrons. The third-order valence-corrected chi connectivity index (χ3v) is 2.34. The van der Waals surface area contributed by atoms with Crippen LogP contribution in [0, 0.1) is 0 Å². The van der Waals surface area contributed by atoms with Crippen molar-refractivity contribution in [2.75, 3.05) is 26.8 Å². The Bertz CT molecular complexity index is 281. The van der Waals surface area contributed by atoms with E-state index in [2.05, 4.69) is 11.9 Å². The molecule has 1 atom stereocenters. The minimum absolute atomic E-state index is 0.242. The maximum absolute atomic E-state index is 11.9. The molecular weight excluding hydrogens is 236 g/mol. The summed E-state index contributed by atoms with van der Waals surface area (Å²) in [5.74, 6) is -1.06. The van der Waals surface area contributed by atoms with Gasteiger partial charge in [0.15, 0.2) is 0 Å². The van der Waals surface area contributed by atoms with E-state index >= 15 is 0 Å².